The lowest BCUT2D eigenvalue weighted by Gasteiger charge is -2.22. The van der Waals surface area contributed by atoms with E-state index < -0.39 is 11.7 Å². The van der Waals surface area contributed by atoms with Gasteiger partial charge in [0.25, 0.3) is 0 Å². The van der Waals surface area contributed by atoms with Crippen molar-refractivity contribution in [2.45, 2.75) is 58.8 Å². The van der Waals surface area contributed by atoms with Crippen LogP contribution in [-0.4, -0.2) is 56.0 Å². The number of nitrogens with zero attached hydrogens (tertiary/aromatic N) is 5. The number of aryl methyl sites for hydroxylation is 2. The molecule has 2 saturated heterocycles. The number of anilines is 2. The predicted octanol–water partition coefficient (Wildman–Crippen LogP) is 8.12. The van der Waals surface area contributed by atoms with Gasteiger partial charge >= 0.3 is 6.18 Å². The molecule has 5 aromatic rings. The number of phenolic OH excluding ortho intramolecular Hbond substituents is 1. The van der Waals surface area contributed by atoms with Crippen LogP contribution in [0.4, 0.5) is 24.5 Å². The number of fused-ring (bicyclic) bond motifs is 3. The molecule has 0 amide bonds. The summed E-state index contributed by atoms with van der Waals surface area (Å²) in [5, 5.41) is 15.8. The third-order valence-electron chi connectivity index (χ3n) is 9.23. The summed E-state index contributed by atoms with van der Waals surface area (Å²) in [6, 6.07) is 14.7. The van der Waals surface area contributed by atoms with Crippen molar-refractivity contribution < 1.29 is 18.3 Å². The second-order valence-electron chi connectivity index (χ2n) is 12.6. The summed E-state index contributed by atoms with van der Waals surface area (Å²) in [7, 11) is 0. The number of pyridine rings is 1. The number of rotatable bonds is 7. The van der Waals surface area contributed by atoms with Crippen LogP contribution >= 0.6 is 0 Å². The van der Waals surface area contributed by atoms with E-state index in [1.54, 1.807) is 12.1 Å². The third-order valence-corrected chi connectivity index (χ3v) is 9.23. The largest absolute Gasteiger partial charge is 0.507 e. The van der Waals surface area contributed by atoms with Crippen LogP contribution in [-0.2, 0) is 19.3 Å². The number of aromatic hydroxyl groups is 1. The Hall–Kier alpha value is -4.28. The molecule has 0 atom stereocenters. The van der Waals surface area contributed by atoms with E-state index in [4.69, 9.17) is 15.0 Å². The van der Waals surface area contributed by atoms with Gasteiger partial charge in [0.05, 0.1) is 44.8 Å². The Morgan fingerprint density at radius 3 is 2.00 bits per heavy atom. The summed E-state index contributed by atoms with van der Waals surface area (Å²) in [6.07, 6.45) is 0.112. The maximum atomic E-state index is 13.7. The molecule has 7 rings (SSSR count). The van der Waals surface area contributed by atoms with E-state index in [9.17, 15) is 18.3 Å². The lowest BCUT2D eigenvalue weighted by Crippen LogP contribution is -2.20. The van der Waals surface area contributed by atoms with Gasteiger partial charge in [-0.25, -0.2) is 15.0 Å². The zero-order valence-electron chi connectivity index (χ0n) is 26.1. The maximum Gasteiger partial charge on any atom is 0.416 e. The summed E-state index contributed by atoms with van der Waals surface area (Å²) < 4.78 is 41.0. The summed E-state index contributed by atoms with van der Waals surface area (Å²) in [5.74, 6) is 0.330. The van der Waals surface area contributed by atoms with E-state index in [1.807, 2.05) is 38.1 Å². The second-order valence-corrected chi connectivity index (χ2v) is 12.6. The molecule has 0 saturated carbocycles. The summed E-state index contributed by atoms with van der Waals surface area (Å²) in [5.41, 5.74) is 6.79. The van der Waals surface area contributed by atoms with Gasteiger partial charge in [-0.1, -0.05) is 12.1 Å². The minimum Gasteiger partial charge on any atom is -0.507 e. The van der Waals surface area contributed by atoms with E-state index in [-0.39, 0.29) is 0 Å². The van der Waals surface area contributed by atoms with Crippen molar-refractivity contribution in [3.8, 4) is 17.0 Å². The van der Waals surface area contributed by atoms with Gasteiger partial charge in [0, 0.05) is 35.5 Å². The van der Waals surface area contributed by atoms with Gasteiger partial charge in [-0.15, -0.1) is 0 Å². The maximum absolute atomic E-state index is 13.7. The van der Waals surface area contributed by atoms with E-state index in [2.05, 4.69) is 15.1 Å². The number of alkyl halides is 3. The van der Waals surface area contributed by atoms with Crippen LogP contribution in [0.1, 0.15) is 53.8 Å². The van der Waals surface area contributed by atoms with Crippen LogP contribution in [0.25, 0.3) is 33.2 Å². The topological polar surface area (TPSA) is 77.4 Å². The van der Waals surface area contributed by atoms with E-state index in [1.165, 1.54) is 6.07 Å². The molecule has 7 nitrogen and oxygen atoms in total. The highest BCUT2D eigenvalue weighted by molar-refractivity contribution is 6.10. The average molecular weight is 627 g/mol. The van der Waals surface area contributed by atoms with Crippen LogP contribution in [0.15, 0.2) is 54.6 Å². The molecule has 2 aromatic heterocycles. The summed E-state index contributed by atoms with van der Waals surface area (Å²) in [6.45, 7) is 9.11. The zero-order valence-corrected chi connectivity index (χ0v) is 26.1. The number of phenols is 1. The molecule has 0 unspecified atom stereocenters. The van der Waals surface area contributed by atoms with Gasteiger partial charge in [-0.2, -0.15) is 13.2 Å². The predicted molar refractivity (Wildman–Crippen MR) is 175 cm³/mol. The standard InChI is InChI=1S/C36H37F3N6O/c1-22-23(2)41-34-30(40-22)11-10-29-33(34)32(19-31(43-29)24-8-7-9-27(16-24)36(37,38)39)42-28-17-25(20-44-12-3-4-13-44)35(46)26(18-28)21-45-14-5-6-15-45/h7-11,16-19,46H,3-6,12-15,20-21H2,1-2H3,(H,42,43). The number of halogens is 3. The van der Waals surface area contributed by atoms with E-state index >= 15 is 0 Å². The van der Waals surface area contributed by atoms with Gasteiger partial charge in [0.2, 0.25) is 0 Å². The van der Waals surface area contributed by atoms with Gasteiger partial charge in [-0.05, 0) is 108 Å². The van der Waals surface area contributed by atoms with Crippen molar-refractivity contribution in [2.24, 2.45) is 0 Å². The Kier molecular flexibility index (Phi) is 8.02. The third kappa shape index (κ3) is 6.11. The van der Waals surface area contributed by atoms with E-state index in [0.717, 1.165) is 97.6 Å². The van der Waals surface area contributed by atoms with Gasteiger partial charge < -0.3 is 10.4 Å². The van der Waals surface area contributed by atoms with Crippen molar-refractivity contribution in [1.82, 2.24) is 24.8 Å². The highest BCUT2D eigenvalue weighted by Gasteiger charge is 2.30. The normalized spacial score (nSPS) is 16.2. The fourth-order valence-corrected chi connectivity index (χ4v) is 6.71. The molecule has 0 aliphatic carbocycles. The lowest BCUT2D eigenvalue weighted by atomic mass is 10.0. The molecule has 46 heavy (non-hydrogen) atoms. The van der Waals surface area contributed by atoms with Gasteiger partial charge in [-0.3, -0.25) is 9.80 Å². The first kappa shape index (κ1) is 30.4. The van der Waals surface area contributed by atoms with Crippen molar-refractivity contribution in [3.05, 3.63) is 82.7 Å². The molecule has 238 valence electrons. The van der Waals surface area contributed by atoms with E-state index in [0.29, 0.717) is 52.3 Å². The second kappa shape index (κ2) is 12.1. The first-order chi connectivity index (χ1) is 22.1. The molecule has 2 aliphatic heterocycles. The molecule has 2 aliphatic rings. The first-order valence-corrected chi connectivity index (χ1v) is 16.0. The number of likely N-dealkylation sites (tertiary alicyclic amines) is 2. The minimum atomic E-state index is -4.47. The average Bonchev–Trinajstić information content (AvgIpc) is 3.74. The Labute approximate surface area is 266 Å². The molecule has 2 N–H and O–H groups in total. The molecular formula is C36H37F3N6O. The molecule has 0 spiro atoms. The number of aromatic nitrogens is 3. The zero-order chi connectivity index (χ0) is 32.0. The van der Waals surface area contributed by atoms with Gasteiger partial charge in [0.1, 0.15) is 11.3 Å². The molecular weight excluding hydrogens is 589 g/mol. The van der Waals surface area contributed by atoms with Crippen LogP contribution in [0.2, 0.25) is 0 Å². The van der Waals surface area contributed by atoms with Crippen LogP contribution < -0.4 is 5.32 Å². The fourth-order valence-electron chi connectivity index (χ4n) is 6.71. The van der Waals surface area contributed by atoms with Crippen molar-refractivity contribution >= 4 is 33.3 Å². The van der Waals surface area contributed by atoms with Crippen LogP contribution in [0.5, 0.6) is 5.75 Å². The quantitative estimate of drug-likeness (QED) is 0.140. The fraction of sp³-hybridized carbons (Fsp3) is 0.361. The minimum absolute atomic E-state index is 0.330. The highest BCUT2D eigenvalue weighted by Crippen LogP contribution is 2.38. The van der Waals surface area contributed by atoms with Crippen LogP contribution in [0, 0.1) is 13.8 Å². The Morgan fingerprint density at radius 1 is 0.761 bits per heavy atom. The smallest absolute Gasteiger partial charge is 0.416 e. The number of benzene rings is 3. The number of hydrogen-bond donors (Lipinski definition) is 2. The first-order valence-electron chi connectivity index (χ1n) is 16.0. The Morgan fingerprint density at radius 2 is 1.37 bits per heavy atom. The molecule has 2 fully saturated rings. The van der Waals surface area contributed by atoms with Crippen molar-refractivity contribution in [1.29, 1.82) is 0 Å². The molecule has 0 bridgehead atoms. The Balaban J connectivity index is 1.39. The molecule has 4 heterocycles. The lowest BCUT2D eigenvalue weighted by molar-refractivity contribution is -0.137. The van der Waals surface area contributed by atoms with Crippen molar-refractivity contribution in [3.63, 3.8) is 0 Å². The molecule has 10 heteroatoms. The molecule has 0 radical (unpaired) electrons. The monoisotopic (exact) mass is 626 g/mol. The van der Waals surface area contributed by atoms with Crippen molar-refractivity contribution in [2.75, 3.05) is 31.5 Å². The summed E-state index contributed by atoms with van der Waals surface area (Å²) in [4.78, 5) is 19.2. The van der Waals surface area contributed by atoms with Crippen LogP contribution in [0.3, 0.4) is 0 Å². The summed E-state index contributed by atoms with van der Waals surface area (Å²) >= 11 is 0. The number of hydrogen-bond acceptors (Lipinski definition) is 7. The Bertz CT molecular complexity index is 1890. The SMILES string of the molecule is Cc1nc2ccc3nc(-c4cccc(C(F)(F)F)c4)cc(Nc4cc(CN5CCCC5)c(O)c(CN5CCCC5)c4)c3c2nc1C. The highest BCUT2D eigenvalue weighted by atomic mass is 19.4. The van der Waals surface area contributed by atoms with Gasteiger partial charge in [0.15, 0.2) is 0 Å². The number of nitrogens with one attached hydrogen (secondary N) is 1. The molecule has 3 aromatic carbocycles.